The number of aryl methyl sites for hydroxylation is 1. The van der Waals surface area contributed by atoms with Crippen LogP contribution in [0.1, 0.15) is 35.4 Å². The van der Waals surface area contributed by atoms with Gasteiger partial charge >= 0.3 is 0 Å². The lowest BCUT2D eigenvalue weighted by Crippen LogP contribution is -2.37. The third kappa shape index (κ3) is 4.60. The van der Waals surface area contributed by atoms with Crippen LogP contribution in [0.4, 0.5) is 0 Å². The van der Waals surface area contributed by atoms with Crippen molar-refractivity contribution in [3.63, 3.8) is 0 Å². The number of nitrogens with two attached hydrogens (primary N) is 1. The molecule has 0 saturated carbocycles. The Morgan fingerprint density at radius 1 is 1.07 bits per heavy atom. The standard InChI is InChI=1S/C23H28BrNS2/c24-18-8-10-19-17(14-18)7-9-20(22(19)15-25)21(23-26-11-4-12-27-23)13-16-5-2-1-3-6-16/h1-3,5-6,8,10,14,20-23H,4,7,9,11-13,15,25H2. The molecule has 2 aliphatic rings. The maximum absolute atomic E-state index is 6.38. The summed E-state index contributed by atoms with van der Waals surface area (Å²) < 4.78 is 1.89. The SMILES string of the molecule is NCC1c2ccc(Br)cc2CCC1C(Cc1ccccc1)C1SCCCS1. The van der Waals surface area contributed by atoms with Crippen molar-refractivity contribution in [2.75, 3.05) is 18.1 Å². The fourth-order valence-corrected chi connectivity index (χ4v) is 8.54. The van der Waals surface area contributed by atoms with Crippen LogP contribution in [0.15, 0.2) is 53.0 Å². The van der Waals surface area contributed by atoms with Crippen molar-refractivity contribution in [3.05, 3.63) is 69.7 Å². The van der Waals surface area contributed by atoms with Gasteiger partial charge in [0.25, 0.3) is 0 Å². The predicted molar refractivity (Wildman–Crippen MR) is 125 cm³/mol. The summed E-state index contributed by atoms with van der Waals surface area (Å²) in [4.78, 5) is 0. The highest BCUT2D eigenvalue weighted by Crippen LogP contribution is 2.48. The van der Waals surface area contributed by atoms with Crippen LogP contribution >= 0.6 is 39.5 Å². The second kappa shape index (κ2) is 9.39. The van der Waals surface area contributed by atoms with Crippen molar-refractivity contribution in [2.24, 2.45) is 17.6 Å². The maximum Gasteiger partial charge on any atom is 0.0536 e. The van der Waals surface area contributed by atoms with Crippen molar-refractivity contribution in [2.45, 2.75) is 36.2 Å². The minimum atomic E-state index is 0.485. The molecule has 3 atom stereocenters. The van der Waals surface area contributed by atoms with Gasteiger partial charge in [-0.3, -0.25) is 0 Å². The van der Waals surface area contributed by atoms with Crippen LogP contribution < -0.4 is 5.73 Å². The number of hydrogen-bond donors (Lipinski definition) is 1. The molecular weight excluding hydrogens is 434 g/mol. The molecule has 0 radical (unpaired) electrons. The Hall–Kier alpha value is -0.420. The van der Waals surface area contributed by atoms with Gasteiger partial charge in [0.15, 0.2) is 0 Å². The van der Waals surface area contributed by atoms with E-state index in [1.54, 1.807) is 0 Å². The Labute approximate surface area is 180 Å². The molecule has 1 nitrogen and oxygen atoms in total. The van der Waals surface area contributed by atoms with Crippen molar-refractivity contribution in [1.29, 1.82) is 0 Å². The third-order valence-corrected chi connectivity index (χ3v) is 9.80. The van der Waals surface area contributed by atoms with Gasteiger partial charge < -0.3 is 5.73 Å². The van der Waals surface area contributed by atoms with Gasteiger partial charge in [-0.1, -0.05) is 52.3 Å². The van der Waals surface area contributed by atoms with E-state index in [0.717, 1.165) is 6.54 Å². The zero-order chi connectivity index (χ0) is 18.6. The van der Waals surface area contributed by atoms with E-state index in [9.17, 15) is 0 Å². The number of benzene rings is 2. The highest BCUT2D eigenvalue weighted by Gasteiger charge is 2.38. The minimum absolute atomic E-state index is 0.485. The molecular formula is C23H28BrNS2. The van der Waals surface area contributed by atoms with Crippen molar-refractivity contribution in [1.82, 2.24) is 0 Å². The van der Waals surface area contributed by atoms with Gasteiger partial charge in [0.05, 0.1) is 4.58 Å². The summed E-state index contributed by atoms with van der Waals surface area (Å²) in [6.07, 6.45) is 4.98. The van der Waals surface area contributed by atoms with E-state index in [1.807, 2.05) is 0 Å². The Morgan fingerprint density at radius 2 is 1.85 bits per heavy atom. The summed E-state index contributed by atoms with van der Waals surface area (Å²) in [6.45, 7) is 0.757. The Bertz CT molecular complexity index is 745. The van der Waals surface area contributed by atoms with Crippen LogP contribution in [0.5, 0.6) is 0 Å². The number of halogens is 1. The third-order valence-electron chi connectivity index (χ3n) is 6.09. The number of thioether (sulfide) groups is 2. The molecule has 1 aliphatic heterocycles. The van der Waals surface area contributed by atoms with E-state index >= 15 is 0 Å². The Balaban J connectivity index is 1.64. The summed E-state index contributed by atoms with van der Waals surface area (Å²) in [6, 6.07) is 17.9. The van der Waals surface area contributed by atoms with Gasteiger partial charge in [0.2, 0.25) is 0 Å². The van der Waals surface area contributed by atoms with E-state index in [4.69, 9.17) is 5.73 Å². The molecule has 0 amide bonds. The highest BCUT2D eigenvalue weighted by atomic mass is 79.9. The lowest BCUT2D eigenvalue weighted by atomic mass is 9.68. The first-order valence-corrected chi connectivity index (χ1v) is 12.9. The van der Waals surface area contributed by atoms with Gasteiger partial charge in [-0.15, -0.1) is 23.5 Å². The van der Waals surface area contributed by atoms with Gasteiger partial charge in [-0.25, -0.2) is 0 Å². The second-order valence-electron chi connectivity index (χ2n) is 7.70. The maximum atomic E-state index is 6.38. The molecule has 0 spiro atoms. The summed E-state index contributed by atoms with van der Waals surface area (Å²) in [5.74, 6) is 4.47. The zero-order valence-electron chi connectivity index (χ0n) is 15.6. The Kier molecular flexibility index (Phi) is 6.91. The number of hydrogen-bond acceptors (Lipinski definition) is 3. The lowest BCUT2D eigenvalue weighted by molar-refractivity contribution is 0.264. The minimum Gasteiger partial charge on any atom is -0.330 e. The molecule has 1 saturated heterocycles. The molecule has 4 heteroatoms. The van der Waals surface area contributed by atoms with Gasteiger partial charge in [-0.2, -0.15) is 0 Å². The molecule has 27 heavy (non-hydrogen) atoms. The highest BCUT2D eigenvalue weighted by molar-refractivity contribution is 9.10. The molecule has 144 valence electrons. The monoisotopic (exact) mass is 461 g/mol. The first kappa shape index (κ1) is 19.9. The van der Waals surface area contributed by atoms with Crippen LogP contribution in [-0.4, -0.2) is 22.6 Å². The van der Waals surface area contributed by atoms with Gasteiger partial charge in [-0.05, 0) is 90.3 Å². The molecule has 2 aromatic rings. The van der Waals surface area contributed by atoms with Crippen LogP contribution in [-0.2, 0) is 12.8 Å². The van der Waals surface area contributed by atoms with Crippen molar-refractivity contribution in [3.8, 4) is 0 Å². The van der Waals surface area contributed by atoms with Crippen molar-refractivity contribution >= 4 is 39.5 Å². The Morgan fingerprint density at radius 3 is 2.59 bits per heavy atom. The largest absolute Gasteiger partial charge is 0.330 e. The number of rotatable bonds is 5. The normalized spacial score (nSPS) is 24.4. The van der Waals surface area contributed by atoms with Gasteiger partial charge in [0, 0.05) is 4.47 Å². The molecule has 1 heterocycles. The molecule has 1 aliphatic carbocycles. The molecule has 0 aromatic heterocycles. The fourth-order valence-electron chi connectivity index (χ4n) is 4.81. The summed E-state index contributed by atoms with van der Waals surface area (Å²) in [7, 11) is 0. The summed E-state index contributed by atoms with van der Waals surface area (Å²) >= 11 is 8.04. The first-order valence-electron chi connectivity index (χ1n) is 10.0. The molecule has 3 unspecified atom stereocenters. The zero-order valence-corrected chi connectivity index (χ0v) is 18.9. The summed E-state index contributed by atoms with van der Waals surface area (Å²) in [5, 5.41) is 0. The average Bonchev–Trinajstić information content (AvgIpc) is 2.72. The van der Waals surface area contributed by atoms with E-state index in [0.29, 0.717) is 22.3 Å². The molecule has 2 N–H and O–H groups in total. The summed E-state index contributed by atoms with van der Waals surface area (Å²) in [5.41, 5.74) is 10.9. The van der Waals surface area contributed by atoms with E-state index in [2.05, 4.69) is 88.0 Å². The molecule has 4 rings (SSSR count). The number of fused-ring (bicyclic) bond motifs is 1. The predicted octanol–water partition coefficient (Wildman–Crippen LogP) is 6.11. The van der Waals surface area contributed by atoms with E-state index in [-0.39, 0.29) is 0 Å². The van der Waals surface area contributed by atoms with E-state index in [1.165, 1.54) is 58.4 Å². The molecule has 2 aromatic carbocycles. The second-order valence-corrected chi connectivity index (χ2v) is 11.4. The van der Waals surface area contributed by atoms with Crippen LogP contribution in [0, 0.1) is 11.8 Å². The lowest BCUT2D eigenvalue weighted by Gasteiger charge is -2.42. The van der Waals surface area contributed by atoms with Crippen molar-refractivity contribution < 1.29 is 0 Å². The van der Waals surface area contributed by atoms with Crippen LogP contribution in [0.25, 0.3) is 0 Å². The smallest absolute Gasteiger partial charge is 0.0536 e. The average molecular weight is 463 g/mol. The quantitative estimate of drug-likeness (QED) is 0.581. The van der Waals surface area contributed by atoms with Gasteiger partial charge in [0.1, 0.15) is 0 Å². The molecule has 0 bridgehead atoms. The van der Waals surface area contributed by atoms with Crippen LogP contribution in [0.3, 0.4) is 0 Å². The topological polar surface area (TPSA) is 26.0 Å². The molecule has 1 fully saturated rings. The first-order chi connectivity index (χ1) is 13.3. The fraction of sp³-hybridized carbons (Fsp3) is 0.478. The van der Waals surface area contributed by atoms with E-state index < -0.39 is 0 Å². The van der Waals surface area contributed by atoms with Crippen LogP contribution in [0.2, 0.25) is 0 Å².